The summed E-state index contributed by atoms with van der Waals surface area (Å²) in [7, 11) is 0. The Labute approximate surface area is 107 Å². The fraction of sp³-hybridized carbons (Fsp3) is 0.833. The summed E-state index contributed by atoms with van der Waals surface area (Å²) in [6.45, 7) is 7.29. The summed E-state index contributed by atoms with van der Waals surface area (Å²) in [6, 6.07) is -0.788. The molecule has 6 nitrogen and oxygen atoms in total. The summed E-state index contributed by atoms with van der Waals surface area (Å²) < 4.78 is 5.21. The van der Waals surface area contributed by atoms with Gasteiger partial charge in [0, 0.05) is 12.6 Å². The van der Waals surface area contributed by atoms with E-state index >= 15 is 0 Å². The quantitative estimate of drug-likeness (QED) is 0.659. The van der Waals surface area contributed by atoms with Crippen LogP contribution in [0.25, 0.3) is 0 Å². The molecule has 1 saturated heterocycles. The molecule has 0 aliphatic carbocycles. The Hall–Kier alpha value is -1.14. The van der Waals surface area contributed by atoms with E-state index in [0.29, 0.717) is 19.8 Å². The van der Waals surface area contributed by atoms with Crippen molar-refractivity contribution in [3.8, 4) is 0 Å². The summed E-state index contributed by atoms with van der Waals surface area (Å²) in [4.78, 5) is 22.8. The van der Waals surface area contributed by atoms with Crippen molar-refractivity contribution in [3.05, 3.63) is 0 Å². The molecule has 18 heavy (non-hydrogen) atoms. The molecule has 6 heteroatoms. The predicted octanol–water partition coefficient (Wildman–Crippen LogP) is -0.0196. The highest BCUT2D eigenvalue weighted by atomic mass is 16.5. The third-order valence-corrected chi connectivity index (χ3v) is 2.98. The lowest BCUT2D eigenvalue weighted by molar-refractivity contribution is -0.138. The van der Waals surface area contributed by atoms with Crippen molar-refractivity contribution >= 4 is 11.9 Å². The first kappa shape index (κ1) is 14.9. The molecule has 0 aromatic heterocycles. The van der Waals surface area contributed by atoms with Gasteiger partial charge in [0.2, 0.25) is 5.91 Å². The number of carbonyl (C=O) groups is 2. The molecule has 1 aliphatic heterocycles. The Bertz CT molecular complexity index is 306. The average Bonchev–Trinajstić information content (AvgIpc) is 2.27. The van der Waals surface area contributed by atoms with Crippen molar-refractivity contribution in [2.75, 3.05) is 19.8 Å². The molecule has 0 aromatic rings. The van der Waals surface area contributed by atoms with Gasteiger partial charge >= 0.3 is 5.97 Å². The summed E-state index contributed by atoms with van der Waals surface area (Å²) >= 11 is 0. The molecule has 1 heterocycles. The van der Waals surface area contributed by atoms with Crippen molar-refractivity contribution in [3.63, 3.8) is 0 Å². The van der Waals surface area contributed by atoms with Gasteiger partial charge in [-0.15, -0.1) is 0 Å². The fourth-order valence-electron chi connectivity index (χ4n) is 1.75. The van der Waals surface area contributed by atoms with Crippen LogP contribution in [0.5, 0.6) is 0 Å². The van der Waals surface area contributed by atoms with Crippen LogP contribution in [0.3, 0.4) is 0 Å². The molecule has 0 spiro atoms. The summed E-state index contributed by atoms with van der Waals surface area (Å²) in [5, 5.41) is 14.7. The molecule has 1 fully saturated rings. The van der Waals surface area contributed by atoms with Crippen LogP contribution in [-0.4, -0.2) is 48.8 Å². The smallest absolute Gasteiger partial charge is 0.305 e. The van der Waals surface area contributed by atoms with Gasteiger partial charge < -0.3 is 20.5 Å². The standard InChI is InChI=1S/C12H22N2O4/c1-12(2,3)9(6-10(15)16)14-11(17)8-7-18-5-4-13-8/h8-9,13H,4-7H2,1-3H3,(H,14,17)(H,15,16). The number of rotatable bonds is 4. The van der Waals surface area contributed by atoms with Gasteiger partial charge in [-0.25, -0.2) is 0 Å². The molecule has 104 valence electrons. The number of carboxylic acids is 1. The second kappa shape index (κ2) is 6.15. The zero-order valence-corrected chi connectivity index (χ0v) is 11.2. The summed E-state index contributed by atoms with van der Waals surface area (Å²) in [5.74, 6) is -1.11. The van der Waals surface area contributed by atoms with Crippen molar-refractivity contribution in [1.29, 1.82) is 0 Å². The molecule has 1 amide bonds. The van der Waals surface area contributed by atoms with Crippen LogP contribution in [0.4, 0.5) is 0 Å². The van der Waals surface area contributed by atoms with Gasteiger partial charge in [0.15, 0.2) is 0 Å². The van der Waals surface area contributed by atoms with E-state index in [0.717, 1.165) is 0 Å². The third kappa shape index (κ3) is 4.62. The van der Waals surface area contributed by atoms with E-state index in [1.807, 2.05) is 20.8 Å². The first-order valence-electron chi connectivity index (χ1n) is 6.14. The highest BCUT2D eigenvalue weighted by molar-refractivity contribution is 5.83. The van der Waals surface area contributed by atoms with E-state index in [1.54, 1.807) is 0 Å². The number of amides is 1. The van der Waals surface area contributed by atoms with E-state index in [4.69, 9.17) is 9.84 Å². The number of hydrogen-bond acceptors (Lipinski definition) is 4. The lowest BCUT2D eigenvalue weighted by Gasteiger charge is -2.32. The number of nitrogens with one attached hydrogen (secondary N) is 2. The third-order valence-electron chi connectivity index (χ3n) is 2.98. The first-order chi connectivity index (χ1) is 8.30. The van der Waals surface area contributed by atoms with Crippen LogP contribution in [-0.2, 0) is 14.3 Å². The monoisotopic (exact) mass is 258 g/mol. The van der Waals surface area contributed by atoms with Gasteiger partial charge in [-0.2, -0.15) is 0 Å². The first-order valence-corrected chi connectivity index (χ1v) is 6.14. The SMILES string of the molecule is CC(C)(C)C(CC(=O)O)NC(=O)C1COCCN1. The van der Waals surface area contributed by atoms with Gasteiger partial charge in [-0.05, 0) is 5.41 Å². The predicted molar refractivity (Wildman–Crippen MR) is 66.2 cm³/mol. The molecule has 0 radical (unpaired) electrons. The average molecular weight is 258 g/mol. The van der Waals surface area contributed by atoms with Crippen LogP contribution in [0.15, 0.2) is 0 Å². The van der Waals surface area contributed by atoms with Crippen LogP contribution >= 0.6 is 0 Å². The van der Waals surface area contributed by atoms with Gasteiger partial charge in [0.05, 0.1) is 19.6 Å². The second-order valence-electron chi connectivity index (χ2n) is 5.61. The van der Waals surface area contributed by atoms with Crippen LogP contribution in [0, 0.1) is 5.41 Å². The van der Waals surface area contributed by atoms with Crippen molar-refractivity contribution in [1.82, 2.24) is 10.6 Å². The Balaban J connectivity index is 2.59. The van der Waals surface area contributed by atoms with Gasteiger partial charge in [-0.3, -0.25) is 9.59 Å². The normalized spacial score (nSPS) is 22.3. The molecule has 0 saturated carbocycles. The molecule has 1 rings (SSSR count). The number of carbonyl (C=O) groups excluding carboxylic acids is 1. The van der Waals surface area contributed by atoms with Crippen molar-refractivity contribution in [2.45, 2.75) is 39.3 Å². The number of ether oxygens (including phenoxy) is 1. The zero-order chi connectivity index (χ0) is 13.8. The second-order valence-corrected chi connectivity index (χ2v) is 5.61. The van der Waals surface area contributed by atoms with Crippen LogP contribution < -0.4 is 10.6 Å². The molecule has 1 aliphatic rings. The molecule has 2 unspecified atom stereocenters. The van der Waals surface area contributed by atoms with E-state index in [1.165, 1.54) is 0 Å². The largest absolute Gasteiger partial charge is 0.481 e. The number of carboxylic acid groups (broad SMARTS) is 1. The van der Waals surface area contributed by atoms with E-state index in [2.05, 4.69) is 10.6 Å². The molecule has 2 atom stereocenters. The molecule has 3 N–H and O–H groups in total. The van der Waals surface area contributed by atoms with E-state index < -0.39 is 18.1 Å². The number of hydrogen-bond donors (Lipinski definition) is 3. The van der Waals surface area contributed by atoms with Gasteiger partial charge in [0.25, 0.3) is 0 Å². The van der Waals surface area contributed by atoms with E-state index in [9.17, 15) is 9.59 Å². The van der Waals surface area contributed by atoms with Gasteiger partial charge in [-0.1, -0.05) is 20.8 Å². The fourth-order valence-corrected chi connectivity index (χ4v) is 1.75. The minimum Gasteiger partial charge on any atom is -0.481 e. The molecule has 0 aromatic carbocycles. The van der Waals surface area contributed by atoms with E-state index in [-0.39, 0.29) is 17.7 Å². The molecular weight excluding hydrogens is 236 g/mol. The molecule has 0 bridgehead atoms. The Morgan fingerprint density at radius 1 is 1.50 bits per heavy atom. The minimum absolute atomic E-state index is 0.0805. The maximum atomic E-state index is 12.0. The van der Waals surface area contributed by atoms with Gasteiger partial charge in [0.1, 0.15) is 6.04 Å². The Kier molecular flexibility index (Phi) is 5.10. The zero-order valence-electron chi connectivity index (χ0n) is 11.2. The molecular formula is C12H22N2O4. The van der Waals surface area contributed by atoms with Crippen molar-refractivity contribution in [2.24, 2.45) is 5.41 Å². The Morgan fingerprint density at radius 3 is 2.61 bits per heavy atom. The maximum Gasteiger partial charge on any atom is 0.305 e. The maximum absolute atomic E-state index is 12.0. The summed E-state index contributed by atoms with van der Waals surface area (Å²) in [6.07, 6.45) is -0.0805. The summed E-state index contributed by atoms with van der Waals surface area (Å²) in [5.41, 5.74) is -0.302. The van der Waals surface area contributed by atoms with Crippen LogP contribution in [0.1, 0.15) is 27.2 Å². The number of morpholine rings is 1. The van der Waals surface area contributed by atoms with Crippen molar-refractivity contribution < 1.29 is 19.4 Å². The highest BCUT2D eigenvalue weighted by Crippen LogP contribution is 2.22. The topological polar surface area (TPSA) is 87.7 Å². The lowest BCUT2D eigenvalue weighted by Crippen LogP contribution is -2.55. The van der Waals surface area contributed by atoms with Crippen LogP contribution in [0.2, 0.25) is 0 Å². The highest BCUT2D eigenvalue weighted by Gasteiger charge is 2.31. The lowest BCUT2D eigenvalue weighted by atomic mass is 9.84. The Morgan fingerprint density at radius 2 is 2.17 bits per heavy atom. The minimum atomic E-state index is -0.914. The number of aliphatic carboxylic acids is 1.